The van der Waals surface area contributed by atoms with Crippen molar-refractivity contribution in [1.29, 1.82) is 0 Å². The number of hydrogen-bond donors (Lipinski definition) is 1. The maximum atomic E-state index is 11.0. The van der Waals surface area contributed by atoms with Gasteiger partial charge in [0.15, 0.2) is 0 Å². The average molecular weight is 304 g/mol. The molecule has 5 nitrogen and oxygen atoms in total. The molecular formula is C15H16N2O3S. The van der Waals surface area contributed by atoms with Crippen molar-refractivity contribution in [3.63, 3.8) is 0 Å². The Kier molecular flexibility index (Phi) is 5.05. The molecule has 0 spiro atoms. The molecule has 0 saturated heterocycles. The number of H-pyrrole nitrogens is 1. The standard InChI is InChI=1S/C15H16N2O3S/c1-19-12-9-14(21-3)13(20-2)8-10(12)4-5-11-6-7-15(18)17-16-11/h4-9H,1-3H3,(H,17,18). The predicted octanol–water partition coefficient (Wildman–Crippen LogP) is 2.68. The van der Waals surface area contributed by atoms with Gasteiger partial charge in [-0.2, -0.15) is 5.10 Å². The molecular weight excluding hydrogens is 288 g/mol. The van der Waals surface area contributed by atoms with Crippen LogP contribution in [0.4, 0.5) is 0 Å². The predicted molar refractivity (Wildman–Crippen MR) is 85.1 cm³/mol. The van der Waals surface area contributed by atoms with Crippen molar-refractivity contribution in [2.75, 3.05) is 20.5 Å². The number of thioether (sulfide) groups is 1. The third-order valence-corrected chi connectivity index (χ3v) is 3.63. The third-order valence-electron chi connectivity index (χ3n) is 2.87. The van der Waals surface area contributed by atoms with Gasteiger partial charge in [0.05, 0.1) is 24.8 Å². The fourth-order valence-corrected chi connectivity index (χ4v) is 2.37. The van der Waals surface area contributed by atoms with E-state index in [1.807, 2.05) is 24.5 Å². The minimum atomic E-state index is -0.226. The highest BCUT2D eigenvalue weighted by Crippen LogP contribution is 2.35. The number of hydrogen-bond acceptors (Lipinski definition) is 5. The number of benzene rings is 1. The van der Waals surface area contributed by atoms with Gasteiger partial charge < -0.3 is 9.47 Å². The van der Waals surface area contributed by atoms with E-state index in [1.54, 1.807) is 38.1 Å². The Morgan fingerprint density at radius 1 is 1.14 bits per heavy atom. The number of nitrogens with one attached hydrogen (secondary N) is 1. The maximum absolute atomic E-state index is 11.0. The topological polar surface area (TPSA) is 64.2 Å². The summed E-state index contributed by atoms with van der Waals surface area (Å²) < 4.78 is 10.8. The van der Waals surface area contributed by atoms with Gasteiger partial charge in [-0.05, 0) is 36.6 Å². The van der Waals surface area contributed by atoms with Crippen LogP contribution in [0.3, 0.4) is 0 Å². The van der Waals surface area contributed by atoms with Crippen LogP contribution in [-0.2, 0) is 0 Å². The maximum Gasteiger partial charge on any atom is 0.264 e. The molecule has 2 rings (SSSR count). The summed E-state index contributed by atoms with van der Waals surface area (Å²) >= 11 is 1.59. The van der Waals surface area contributed by atoms with Gasteiger partial charge in [-0.3, -0.25) is 4.79 Å². The summed E-state index contributed by atoms with van der Waals surface area (Å²) in [4.78, 5) is 12.0. The molecule has 1 N–H and O–H groups in total. The zero-order chi connectivity index (χ0) is 15.2. The van der Waals surface area contributed by atoms with Crippen molar-refractivity contribution in [3.05, 3.63) is 45.9 Å². The Labute approximate surface area is 127 Å². The number of aromatic nitrogens is 2. The van der Waals surface area contributed by atoms with Gasteiger partial charge in [-0.1, -0.05) is 0 Å². The molecule has 0 aliphatic rings. The second-order valence-electron chi connectivity index (χ2n) is 4.13. The van der Waals surface area contributed by atoms with Crippen molar-refractivity contribution < 1.29 is 9.47 Å². The number of aromatic amines is 1. The highest BCUT2D eigenvalue weighted by atomic mass is 32.2. The summed E-state index contributed by atoms with van der Waals surface area (Å²) in [6, 6.07) is 6.92. The molecule has 21 heavy (non-hydrogen) atoms. The molecule has 0 bridgehead atoms. The molecule has 0 radical (unpaired) electrons. The van der Waals surface area contributed by atoms with Crippen molar-refractivity contribution in [1.82, 2.24) is 10.2 Å². The Morgan fingerprint density at radius 3 is 2.48 bits per heavy atom. The number of nitrogens with zero attached hydrogens (tertiary/aromatic N) is 1. The quantitative estimate of drug-likeness (QED) is 0.860. The van der Waals surface area contributed by atoms with Gasteiger partial charge in [-0.25, -0.2) is 5.10 Å². The normalized spacial score (nSPS) is 10.8. The van der Waals surface area contributed by atoms with Gasteiger partial charge in [0, 0.05) is 11.6 Å². The summed E-state index contributed by atoms with van der Waals surface area (Å²) in [6.07, 6.45) is 5.65. The lowest BCUT2D eigenvalue weighted by molar-refractivity contribution is 0.393. The van der Waals surface area contributed by atoms with E-state index in [-0.39, 0.29) is 5.56 Å². The van der Waals surface area contributed by atoms with Crippen LogP contribution in [0.15, 0.2) is 34.0 Å². The van der Waals surface area contributed by atoms with Crippen molar-refractivity contribution in [2.24, 2.45) is 0 Å². The molecule has 6 heteroatoms. The second kappa shape index (κ2) is 6.99. The zero-order valence-corrected chi connectivity index (χ0v) is 12.9. The fourth-order valence-electron chi connectivity index (χ4n) is 1.81. The Hall–Kier alpha value is -2.21. The van der Waals surface area contributed by atoms with Crippen molar-refractivity contribution >= 4 is 23.9 Å². The first kappa shape index (κ1) is 15.2. The molecule has 0 fully saturated rings. The van der Waals surface area contributed by atoms with E-state index in [1.165, 1.54) is 6.07 Å². The molecule has 0 unspecified atom stereocenters. The van der Waals surface area contributed by atoms with Gasteiger partial charge >= 0.3 is 0 Å². The van der Waals surface area contributed by atoms with Crippen LogP contribution in [0.2, 0.25) is 0 Å². The number of methoxy groups -OCH3 is 2. The van der Waals surface area contributed by atoms with Gasteiger partial charge in [-0.15, -0.1) is 11.8 Å². The largest absolute Gasteiger partial charge is 0.496 e. The van der Waals surface area contributed by atoms with Crippen LogP contribution in [0.25, 0.3) is 12.2 Å². The Balaban J connectivity index is 2.38. The molecule has 1 aromatic heterocycles. The van der Waals surface area contributed by atoms with Crippen LogP contribution < -0.4 is 15.0 Å². The third kappa shape index (κ3) is 3.66. The van der Waals surface area contributed by atoms with Crippen molar-refractivity contribution in [3.8, 4) is 11.5 Å². The van der Waals surface area contributed by atoms with E-state index in [9.17, 15) is 4.79 Å². The van der Waals surface area contributed by atoms with Crippen molar-refractivity contribution in [2.45, 2.75) is 4.90 Å². The lowest BCUT2D eigenvalue weighted by Gasteiger charge is -2.11. The van der Waals surface area contributed by atoms with E-state index < -0.39 is 0 Å². The number of rotatable bonds is 5. The smallest absolute Gasteiger partial charge is 0.264 e. The van der Waals surface area contributed by atoms with Crippen LogP contribution in [0.5, 0.6) is 11.5 Å². The Morgan fingerprint density at radius 2 is 1.90 bits per heavy atom. The minimum absolute atomic E-state index is 0.226. The average Bonchev–Trinajstić information content (AvgIpc) is 2.53. The summed E-state index contributed by atoms with van der Waals surface area (Å²) in [5.74, 6) is 1.54. The fraction of sp³-hybridized carbons (Fsp3) is 0.200. The summed E-state index contributed by atoms with van der Waals surface area (Å²) in [7, 11) is 3.26. The second-order valence-corrected chi connectivity index (χ2v) is 4.98. The van der Waals surface area contributed by atoms with E-state index in [2.05, 4.69) is 10.2 Å². The molecule has 0 saturated carbocycles. The van der Waals surface area contributed by atoms with Gasteiger partial charge in [0.2, 0.25) is 0 Å². The van der Waals surface area contributed by atoms with E-state index in [0.29, 0.717) is 5.69 Å². The van der Waals surface area contributed by atoms with E-state index in [4.69, 9.17) is 9.47 Å². The lowest BCUT2D eigenvalue weighted by Crippen LogP contribution is -2.05. The van der Waals surface area contributed by atoms with Crippen LogP contribution in [0.1, 0.15) is 11.3 Å². The molecule has 0 atom stereocenters. The van der Waals surface area contributed by atoms with E-state index >= 15 is 0 Å². The molecule has 1 aromatic carbocycles. The minimum Gasteiger partial charge on any atom is -0.496 e. The zero-order valence-electron chi connectivity index (χ0n) is 12.0. The molecule has 0 aliphatic heterocycles. The molecule has 2 aromatic rings. The van der Waals surface area contributed by atoms with Crippen LogP contribution in [-0.4, -0.2) is 30.7 Å². The first-order valence-electron chi connectivity index (χ1n) is 6.21. The highest BCUT2D eigenvalue weighted by Gasteiger charge is 2.08. The molecule has 110 valence electrons. The van der Waals surface area contributed by atoms with E-state index in [0.717, 1.165) is 22.0 Å². The highest BCUT2D eigenvalue weighted by molar-refractivity contribution is 7.98. The molecule has 0 aliphatic carbocycles. The van der Waals surface area contributed by atoms with Gasteiger partial charge in [0.1, 0.15) is 11.5 Å². The van der Waals surface area contributed by atoms with Crippen LogP contribution >= 0.6 is 11.8 Å². The summed E-state index contributed by atoms with van der Waals surface area (Å²) in [5, 5.41) is 6.31. The van der Waals surface area contributed by atoms with Crippen LogP contribution in [0, 0.1) is 0 Å². The summed E-state index contributed by atoms with van der Waals surface area (Å²) in [5.41, 5.74) is 1.31. The monoisotopic (exact) mass is 304 g/mol. The number of ether oxygens (including phenoxy) is 2. The van der Waals surface area contributed by atoms with Gasteiger partial charge in [0.25, 0.3) is 5.56 Å². The first-order chi connectivity index (χ1) is 10.2. The molecule has 0 amide bonds. The SMILES string of the molecule is COc1cc(SC)c(OC)cc1C=Cc1ccc(=O)[nH]n1. The lowest BCUT2D eigenvalue weighted by atomic mass is 10.1. The Bertz CT molecular complexity index is 690. The summed E-state index contributed by atoms with van der Waals surface area (Å²) in [6.45, 7) is 0. The molecule has 1 heterocycles. The first-order valence-corrected chi connectivity index (χ1v) is 7.44.